The van der Waals surface area contributed by atoms with Gasteiger partial charge in [-0.25, -0.2) is 0 Å². The van der Waals surface area contributed by atoms with Crippen molar-refractivity contribution in [1.82, 2.24) is 4.98 Å². The van der Waals surface area contributed by atoms with Crippen LogP contribution in [0.1, 0.15) is 45.1 Å². The van der Waals surface area contributed by atoms with Crippen LogP contribution in [-0.4, -0.2) is 11.3 Å². The van der Waals surface area contributed by atoms with Crippen LogP contribution in [0, 0.1) is 11.3 Å². The number of hydrogen-bond donors (Lipinski definition) is 0. The molecule has 1 atom stereocenters. The molecular weight excluding hydrogens is 460 g/mol. The van der Waals surface area contributed by atoms with E-state index in [1.165, 1.54) is 22.9 Å². The van der Waals surface area contributed by atoms with Crippen molar-refractivity contribution in [2.24, 2.45) is 0 Å². The summed E-state index contributed by atoms with van der Waals surface area (Å²) in [5.74, 6) is 0.817. The molecule has 172 valence electrons. The Morgan fingerprint density at radius 3 is 2.71 bits per heavy atom. The second-order valence-corrected chi connectivity index (χ2v) is 8.71. The molecule has 5 rings (SSSR count). The fraction of sp³-hybridized carbons (Fsp3) is 0.138. The maximum absolute atomic E-state index is 11.6. The number of benzene rings is 3. The van der Waals surface area contributed by atoms with E-state index in [9.17, 15) is 4.79 Å². The van der Waals surface area contributed by atoms with Crippen molar-refractivity contribution in [3.8, 4) is 28.7 Å². The van der Waals surface area contributed by atoms with Crippen LogP contribution in [0.25, 0.3) is 11.1 Å². The third kappa shape index (κ3) is 4.75. The zero-order valence-electron chi connectivity index (χ0n) is 18.8. The van der Waals surface area contributed by atoms with E-state index in [0.717, 1.165) is 24.0 Å². The molecule has 0 radical (unpaired) electrons. The highest BCUT2D eigenvalue weighted by Crippen LogP contribution is 2.42. The van der Waals surface area contributed by atoms with Crippen molar-refractivity contribution in [2.75, 3.05) is 0 Å². The molecule has 0 N–H and O–H groups in total. The maximum Gasteiger partial charge on any atom is 0.153 e. The molecule has 35 heavy (non-hydrogen) atoms. The number of ether oxygens (including phenoxy) is 2. The number of nitrogens with zero attached hydrogens (tertiary/aromatic N) is 2. The number of pyridine rings is 1. The summed E-state index contributed by atoms with van der Waals surface area (Å²) in [6.07, 6.45) is 5.38. The molecule has 5 nitrogen and oxygen atoms in total. The van der Waals surface area contributed by atoms with Crippen molar-refractivity contribution in [1.29, 1.82) is 5.26 Å². The smallest absolute Gasteiger partial charge is 0.153 e. The molecule has 1 aliphatic carbocycles. The van der Waals surface area contributed by atoms with E-state index in [4.69, 9.17) is 26.3 Å². The molecule has 0 saturated carbocycles. The van der Waals surface area contributed by atoms with Crippen molar-refractivity contribution in [3.63, 3.8) is 0 Å². The van der Waals surface area contributed by atoms with Gasteiger partial charge in [0.15, 0.2) is 6.29 Å². The third-order valence-electron chi connectivity index (χ3n) is 6.08. The topological polar surface area (TPSA) is 72.2 Å². The number of aldehydes is 1. The Morgan fingerprint density at radius 2 is 1.91 bits per heavy atom. The van der Waals surface area contributed by atoms with Gasteiger partial charge in [-0.3, -0.25) is 9.78 Å². The van der Waals surface area contributed by atoms with Crippen LogP contribution in [0.4, 0.5) is 0 Å². The van der Waals surface area contributed by atoms with E-state index >= 15 is 0 Å². The van der Waals surface area contributed by atoms with Gasteiger partial charge in [-0.05, 0) is 47.2 Å². The standard InChI is InChI=1S/C29H21ClN2O3/c30-26-12-22(17-33)28(34-18-20-11-19(14-31)15-32-16-20)13-29(26)35-27-10-9-24-23(7-4-8-25(24)27)21-5-2-1-3-6-21/h1-8,11-13,15-17,27H,9-10,18H2/t27-/m1/s1. The molecule has 0 fully saturated rings. The van der Waals surface area contributed by atoms with E-state index in [-0.39, 0.29) is 12.7 Å². The fourth-order valence-electron chi connectivity index (χ4n) is 4.43. The number of carbonyl (C=O) groups excluding carboxylic acids is 1. The minimum absolute atomic E-state index is 0.150. The highest BCUT2D eigenvalue weighted by Gasteiger charge is 2.27. The summed E-state index contributed by atoms with van der Waals surface area (Å²) in [6, 6.07) is 23.6. The second-order valence-electron chi connectivity index (χ2n) is 8.31. The van der Waals surface area contributed by atoms with Gasteiger partial charge in [-0.2, -0.15) is 5.26 Å². The first-order chi connectivity index (χ1) is 17.2. The largest absolute Gasteiger partial charge is 0.488 e. The number of fused-ring (bicyclic) bond motifs is 1. The molecule has 0 saturated heterocycles. The molecule has 0 spiro atoms. The lowest BCUT2D eigenvalue weighted by Gasteiger charge is -2.18. The van der Waals surface area contributed by atoms with Crippen LogP contribution in [0.3, 0.4) is 0 Å². The van der Waals surface area contributed by atoms with Gasteiger partial charge in [-0.1, -0.05) is 60.1 Å². The third-order valence-corrected chi connectivity index (χ3v) is 6.37. The van der Waals surface area contributed by atoms with E-state index in [0.29, 0.717) is 33.9 Å². The predicted molar refractivity (Wildman–Crippen MR) is 134 cm³/mol. The first-order valence-electron chi connectivity index (χ1n) is 11.3. The number of aromatic nitrogens is 1. The lowest BCUT2D eigenvalue weighted by atomic mass is 9.97. The van der Waals surface area contributed by atoms with Crippen LogP contribution in [0.2, 0.25) is 5.02 Å². The van der Waals surface area contributed by atoms with Crippen LogP contribution in [0.15, 0.2) is 79.1 Å². The zero-order valence-corrected chi connectivity index (χ0v) is 19.5. The molecule has 0 aliphatic heterocycles. The Hall–Kier alpha value is -4.14. The first-order valence-corrected chi connectivity index (χ1v) is 11.6. The Morgan fingerprint density at radius 1 is 1.06 bits per heavy atom. The monoisotopic (exact) mass is 480 g/mol. The zero-order chi connectivity index (χ0) is 24.2. The average Bonchev–Trinajstić information content (AvgIpc) is 3.32. The van der Waals surface area contributed by atoms with E-state index in [1.807, 2.05) is 18.2 Å². The van der Waals surface area contributed by atoms with Crippen molar-refractivity contribution in [3.05, 3.63) is 112 Å². The Bertz CT molecular complexity index is 1430. The van der Waals surface area contributed by atoms with Crippen molar-refractivity contribution < 1.29 is 14.3 Å². The number of nitriles is 1. The van der Waals surface area contributed by atoms with Gasteiger partial charge < -0.3 is 9.47 Å². The van der Waals surface area contributed by atoms with Gasteiger partial charge in [0.1, 0.15) is 30.3 Å². The number of hydrogen-bond acceptors (Lipinski definition) is 5. The lowest BCUT2D eigenvalue weighted by Crippen LogP contribution is -2.05. The normalized spacial score (nSPS) is 14.1. The van der Waals surface area contributed by atoms with E-state index in [1.54, 1.807) is 24.4 Å². The first kappa shape index (κ1) is 22.6. The average molecular weight is 481 g/mol. The number of carbonyl (C=O) groups is 1. The van der Waals surface area contributed by atoms with Crippen LogP contribution in [0.5, 0.6) is 11.5 Å². The van der Waals surface area contributed by atoms with Crippen LogP contribution in [-0.2, 0) is 13.0 Å². The summed E-state index contributed by atoms with van der Waals surface area (Å²) < 4.78 is 12.3. The van der Waals surface area contributed by atoms with E-state index in [2.05, 4.69) is 41.4 Å². The van der Waals surface area contributed by atoms with Gasteiger partial charge in [0.25, 0.3) is 0 Å². The maximum atomic E-state index is 11.6. The summed E-state index contributed by atoms with van der Waals surface area (Å²) in [7, 11) is 0. The molecule has 1 aliphatic rings. The van der Waals surface area contributed by atoms with Gasteiger partial charge in [0.2, 0.25) is 0 Å². The minimum atomic E-state index is -0.155. The summed E-state index contributed by atoms with van der Waals surface area (Å²) in [5.41, 5.74) is 6.31. The number of rotatable bonds is 7. The summed E-state index contributed by atoms with van der Waals surface area (Å²) in [5, 5.41) is 9.42. The molecule has 6 heteroatoms. The van der Waals surface area contributed by atoms with Crippen molar-refractivity contribution >= 4 is 17.9 Å². The van der Waals surface area contributed by atoms with Gasteiger partial charge in [0, 0.05) is 24.0 Å². The molecule has 3 aromatic carbocycles. The summed E-state index contributed by atoms with van der Waals surface area (Å²) >= 11 is 6.48. The molecule has 1 heterocycles. The molecule has 0 bridgehead atoms. The molecule has 0 unspecified atom stereocenters. The Kier molecular flexibility index (Phi) is 6.47. The van der Waals surface area contributed by atoms with Gasteiger partial charge in [-0.15, -0.1) is 0 Å². The Balaban J connectivity index is 1.40. The number of halogens is 1. The summed E-state index contributed by atoms with van der Waals surface area (Å²) in [6.45, 7) is 0.150. The predicted octanol–water partition coefficient (Wildman–Crippen LogP) is 6.73. The van der Waals surface area contributed by atoms with E-state index < -0.39 is 0 Å². The Labute approximate surface area is 208 Å². The fourth-order valence-corrected chi connectivity index (χ4v) is 4.64. The van der Waals surface area contributed by atoms with Crippen LogP contribution < -0.4 is 9.47 Å². The molecule has 1 aromatic heterocycles. The van der Waals surface area contributed by atoms with Crippen molar-refractivity contribution in [2.45, 2.75) is 25.6 Å². The quantitative estimate of drug-likeness (QED) is 0.274. The van der Waals surface area contributed by atoms with Gasteiger partial charge in [0.05, 0.1) is 16.1 Å². The minimum Gasteiger partial charge on any atom is -0.488 e. The lowest BCUT2D eigenvalue weighted by molar-refractivity contribution is 0.111. The molecule has 4 aromatic rings. The van der Waals surface area contributed by atoms with Crippen LogP contribution >= 0.6 is 11.6 Å². The van der Waals surface area contributed by atoms with Gasteiger partial charge >= 0.3 is 0 Å². The molecular formula is C29H21ClN2O3. The summed E-state index contributed by atoms with van der Waals surface area (Å²) in [4.78, 5) is 15.7. The highest BCUT2D eigenvalue weighted by molar-refractivity contribution is 6.32. The second kappa shape index (κ2) is 10.0. The highest BCUT2D eigenvalue weighted by atomic mass is 35.5. The SMILES string of the molecule is N#Cc1cncc(COc2cc(O[C@@H]3CCc4c(-c5ccccc5)cccc43)c(Cl)cc2C=O)c1. The molecule has 0 amide bonds.